The van der Waals surface area contributed by atoms with Crippen molar-refractivity contribution in [3.05, 3.63) is 77.4 Å². The number of ether oxygens (including phenoxy) is 1. The highest BCUT2D eigenvalue weighted by molar-refractivity contribution is 5.40. The number of rotatable bonds is 6. The first-order valence-corrected chi connectivity index (χ1v) is 10.8. The van der Waals surface area contributed by atoms with Crippen molar-refractivity contribution in [2.75, 3.05) is 6.61 Å². The van der Waals surface area contributed by atoms with Crippen LogP contribution in [0.3, 0.4) is 0 Å². The van der Waals surface area contributed by atoms with E-state index in [2.05, 4.69) is 56.0 Å². The lowest BCUT2D eigenvalue weighted by Gasteiger charge is -2.27. The van der Waals surface area contributed by atoms with Crippen LogP contribution in [-0.4, -0.2) is 6.61 Å². The Balaban J connectivity index is 1.45. The van der Waals surface area contributed by atoms with Gasteiger partial charge in [0.2, 0.25) is 0 Å². The van der Waals surface area contributed by atoms with Crippen molar-refractivity contribution in [1.29, 1.82) is 0 Å². The predicted molar refractivity (Wildman–Crippen MR) is 119 cm³/mol. The summed E-state index contributed by atoms with van der Waals surface area (Å²) in [7, 11) is 0. The molecular weight excluding hydrogens is 340 g/mol. The maximum Gasteiger partial charge on any atom is 0.119 e. The summed E-state index contributed by atoms with van der Waals surface area (Å²) in [5, 5.41) is 0. The molecule has 0 aliphatic heterocycles. The Morgan fingerprint density at radius 3 is 2.29 bits per heavy atom. The second-order valence-corrected chi connectivity index (χ2v) is 7.71. The molecule has 2 aromatic rings. The van der Waals surface area contributed by atoms with E-state index in [4.69, 9.17) is 4.74 Å². The lowest BCUT2D eigenvalue weighted by molar-refractivity contribution is 0.317. The Morgan fingerprint density at radius 1 is 0.929 bits per heavy atom. The minimum Gasteiger partial charge on any atom is -0.494 e. The van der Waals surface area contributed by atoms with Gasteiger partial charge in [0.25, 0.3) is 0 Å². The highest BCUT2D eigenvalue weighted by atomic mass is 16.5. The van der Waals surface area contributed by atoms with E-state index in [-0.39, 0.29) is 0 Å². The summed E-state index contributed by atoms with van der Waals surface area (Å²) in [5.41, 5.74) is 3.99. The van der Waals surface area contributed by atoms with Gasteiger partial charge in [-0.15, -0.1) is 0 Å². The van der Waals surface area contributed by atoms with Crippen molar-refractivity contribution in [2.24, 2.45) is 5.92 Å². The first-order chi connectivity index (χ1) is 13.8. The molecule has 1 aliphatic rings. The fourth-order valence-corrected chi connectivity index (χ4v) is 3.83. The van der Waals surface area contributed by atoms with Crippen LogP contribution in [0.15, 0.2) is 60.7 Å². The molecule has 1 aliphatic carbocycles. The number of aryl methyl sites for hydroxylation is 1. The number of allylic oxidation sites excluding steroid dienone is 2. The quantitative estimate of drug-likeness (QED) is 0.500. The normalized spacial score (nSPS) is 19.2. The van der Waals surface area contributed by atoms with Crippen molar-refractivity contribution < 1.29 is 4.74 Å². The fourth-order valence-electron chi connectivity index (χ4n) is 3.83. The van der Waals surface area contributed by atoms with Gasteiger partial charge in [0.05, 0.1) is 6.61 Å². The second kappa shape index (κ2) is 10.8. The van der Waals surface area contributed by atoms with Gasteiger partial charge in [0.1, 0.15) is 5.75 Å². The number of benzene rings is 2. The molecule has 3 rings (SSSR count). The van der Waals surface area contributed by atoms with Crippen molar-refractivity contribution in [3.63, 3.8) is 0 Å². The molecule has 0 aromatic heterocycles. The van der Waals surface area contributed by atoms with Gasteiger partial charge in [-0.1, -0.05) is 56.0 Å². The lowest BCUT2D eigenvalue weighted by Crippen LogP contribution is -2.11. The molecule has 0 spiro atoms. The van der Waals surface area contributed by atoms with E-state index in [1.165, 1.54) is 36.8 Å². The molecule has 0 unspecified atom stereocenters. The summed E-state index contributed by atoms with van der Waals surface area (Å²) < 4.78 is 5.61. The molecular formula is C27H32O. The summed E-state index contributed by atoms with van der Waals surface area (Å²) in [4.78, 5) is 0. The van der Waals surface area contributed by atoms with Crippen LogP contribution in [0.2, 0.25) is 0 Å². The van der Waals surface area contributed by atoms with E-state index in [0.717, 1.165) is 36.7 Å². The Labute approximate surface area is 170 Å². The Bertz CT molecular complexity index is 794. The van der Waals surface area contributed by atoms with E-state index in [1.54, 1.807) is 0 Å². The molecule has 1 nitrogen and oxygen atoms in total. The maximum atomic E-state index is 5.61. The molecule has 146 valence electrons. The van der Waals surface area contributed by atoms with E-state index in [9.17, 15) is 0 Å². The molecule has 0 heterocycles. The number of hydrogen-bond acceptors (Lipinski definition) is 1. The van der Waals surface area contributed by atoms with E-state index in [0.29, 0.717) is 5.92 Å². The molecule has 1 fully saturated rings. The van der Waals surface area contributed by atoms with Crippen molar-refractivity contribution >= 4 is 0 Å². The average Bonchev–Trinajstić information content (AvgIpc) is 2.76. The lowest BCUT2D eigenvalue weighted by atomic mass is 9.78. The third-order valence-corrected chi connectivity index (χ3v) is 5.63. The summed E-state index contributed by atoms with van der Waals surface area (Å²) in [5.74, 6) is 8.74. The van der Waals surface area contributed by atoms with Gasteiger partial charge in [0.15, 0.2) is 0 Å². The third-order valence-electron chi connectivity index (χ3n) is 5.63. The predicted octanol–water partition coefficient (Wildman–Crippen LogP) is 6.92. The van der Waals surface area contributed by atoms with Crippen molar-refractivity contribution in [2.45, 2.75) is 58.3 Å². The van der Waals surface area contributed by atoms with Gasteiger partial charge in [0, 0.05) is 5.56 Å². The molecule has 0 atom stereocenters. The van der Waals surface area contributed by atoms with Crippen LogP contribution in [0, 0.1) is 17.8 Å². The van der Waals surface area contributed by atoms with E-state index < -0.39 is 0 Å². The topological polar surface area (TPSA) is 9.23 Å². The van der Waals surface area contributed by atoms with Crippen LogP contribution in [0.4, 0.5) is 0 Å². The van der Waals surface area contributed by atoms with E-state index >= 15 is 0 Å². The zero-order valence-electron chi connectivity index (χ0n) is 17.3. The summed E-state index contributed by atoms with van der Waals surface area (Å²) >= 11 is 0. The van der Waals surface area contributed by atoms with Crippen LogP contribution in [0.1, 0.15) is 68.6 Å². The van der Waals surface area contributed by atoms with Crippen LogP contribution >= 0.6 is 0 Å². The zero-order valence-corrected chi connectivity index (χ0v) is 17.3. The minimum absolute atomic E-state index is 0.672. The van der Waals surface area contributed by atoms with Gasteiger partial charge in [-0.2, -0.15) is 0 Å². The molecule has 0 N–H and O–H groups in total. The van der Waals surface area contributed by atoms with Gasteiger partial charge >= 0.3 is 0 Å². The fraction of sp³-hybridized carbons (Fsp3) is 0.407. The molecule has 1 heteroatoms. The van der Waals surface area contributed by atoms with Gasteiger partial charge < -0.3 is 4.74 Å². The smallest absolute Gasteiger partial charge is 0.119 e. The van der Waals surface area contributed by atoms with Gasteiger partial charge in [-0.3, -0.25) is 0 Å². The van der Waals surface area contributed by atoms with E-state index in [1.807, 2.05) is 30.3 Å². The zero-order chi connectivity index (χ0) is 19.6. The molecule has 0 bridgehead atoms. The average molecular weight is 373 g/mol. The van der Waals surface area contributed by atoms with Crippen LogP contribution in [0.25, 0.3) is 0 Å². The van der Waals surface area contributed by atoms with Crippen molar-refractivity contribution in [3.8, 4) is 17.6 Å². The monoisotopic (exact) mass is 372 g/mol. The molecule has 0 saturated heterocycles. The maximum absolute atomic E-state index is 5.61. The molecule has 1 saturated carbocycles. The van der Waals surface area contributed by atoms with Crippen LogP contribution < -0.4 is 4.74 Å². The SMILES string of the molecule is CCCOc1ccc(C#C/C=C/C2CCC(c3ccc(CC)cc3)CC2)cc1. The number of hydrogen-bond donors (Lipinski definition) is 0. The first kappa shape index (κ1) is 20.3. The highest BCUT2D eigenvalue weighted by Crippen LogP contribution is 2.36. The molecule has 0 amide bonds. The Kier molecular flexibility index (Phi) is 7.80. The Hall–Kier alpha value is -2.46. The molecule has 2 aromatic carbocycles. The summed E-state index contributed by atoms with van der Waals surface area (Å²) in [6.45, 7) is 5.09. The standard InChI is InChI=1S/C27H32O/c1-3-21-28-27-19-13-24(14-20-27)8-6-5-7-23-11-17-26(18-12-23)25-15-9-22(4-2)10-16-25/h5,7,9-10,13-16,19-20,23,26H,3-4,11-12,17-18,21H2,1-2H3/b7-5+. The molecule has 28 heavy (non-hydrogen) atoms. The Morgan fingerprint density at radius 2 is 1.64 bits per heavy atom. The third kappa shape index (κ3) is 6.03. The molecule has 0 radical (unpaired) electrons. The van der Waals surface area contributed by atoms with Crippen LogP contribution in [-0.2, 0) is 6.42 Å². The minimum atomic E-state index is 0.672. The van der Waals surface area contributed by atoms with Crippen molar-refractivity contribution in [1.82, 2.24) is 0 Å². The highest BCUT2D eigenvalue weighted by Gasteiger charge is 2.20. The van der Waals surface area contributed by atoms with Crippen LogP contribution in [0.5, 0.6) is 5.75 Å². The second-order valence-electron chi connectivity index (χ2n) is 7.71. The van der Waals surface area contributed by atoms with Gasteiger partial charge in [-0.05, 0) is 91.8 Å². The summed E-state index contributed by atoms with van der Waals surface area (Å²) in [6, 6.07) is 17.3. The largest absolute Gasteiger partial charge is 0.494 e. The first-order valence-electron chi connectivity index (χ1n) is 10.8. The van der Waals surface area contributed by atoms with Gasteiger partial charge in [-0.25, -0.2) is 0 Å². The summed E-state index contributed by atoms with van der Waals surface area (Å²) in [6.07, 6.45) is 11.6.